The number of anilines is 2. The molecule has 4 nitrogen and oxygen atoms in total. The maximum absolute atomic E-state index is 5.34. The van der Waals surface area contributed by atoms with Gasteiger partial charge in [0.2, 0.25) is 0 Å². The molecule has 0 radical (unpaired) electrons. The van der Waals surface area contributed by atoms with E-state index in [1.807, 2.05) is 18.2 Å². The molecule has 1 saturated carbocycles. The minimum atomic E-state index is 0.644. The lowest BCUT2D eigenvalue weighted by atomic mass is 10.2. The molecular weight excluding hydrogens is 188 g/mol. The molecule has 0 atom stereocenters. The standard InChI is InChI=1S/C11H18N4/c1-15(9-5-2-3-6-9)11-8-4-7-10(13-11)14-12/h4,7-9H,2-3,5-6,12H2,1H3,(H,13,14). The lowest BCUT2D eigenvalue weighted by molar-refractivity contribution is 0.647. The molecule has 3 N–H and O–H groups in total. The molecule has 1 aromatic rings. The van der Waals surface area contributed by atoms with Gasteiger partial charge >= 0.3 is 0 Å². The number of nitrogens with one attached hydrogen (secondary N) is 1. The second-order valence-corrected chi connectivity index (χ2v) is 4.07. The summed E-state index contributed by atoms with van der Waals surface area (Å²) in [6.45, 7) is 0. The first-order valence-corrected chi connectivity index (χ1v) is 5.48. The summed E-state index contributed by atoms with van der Waals surface area (Å²) in [6, 6.07) is 6.51. The number of hydrazine groups is 1. The van der Waals surface area contributed by atoms with Crippen molar-refractivity contribution in [3.05, 3.63) is 18.2 Å². The number of aromatic nitrogens is 1. The Morgan fingerprint density at radius 1 is 1.40 bits per heavy atom. The molecule has 0 amide bonds. The van der Waals surface area contributed by atoms with Crippen molar-refractivity contribution in [2.24, 2.45) is 5.84 Å². The third kappa shape index (κ3) is 2.21. The van der Waals surface area contributed by atoms with E-state index >= 15 is 0 Å². The molecule has 4 heteroatoms. The highest BCUT2D eigenvalue weighted by atomic mass is 15.3. The molecule has 0 aromatic carbocycles. The zero-order valence-electron chi connectivity index (χ0n) is 9.11. The smallest absolute Gasteiger partial charge is 0.142 e. The van der Waals surface area contributed by atoms with Crippen LogP contribution in [0.4, 0.5) is 11.6 Å². The lowest BCUT2D eigenvalue weighted by Crippen LogP contribution is -2.29. The largest absolute Gasteiger partial charge is 0.357 e. The fourth-order valence-corrected chi connectivity index (χ4v) is 2.18. The van der Waals surface area contributed by atoms with E-state index in [1.54, 1.807) is 0 Å². The Balaban J connectivity index is 2.13. The van der Waals surface area contributed by atoms with E-state index in [1.165, 1.54) is 25.7 Å². The molecule has 2 rings (SSSR count). The molecule has 15 heavy (non-hydrogen) atoms. The quantitative estimate of drug-likeness (QED) is 0.584. The third-order valence-corrected chi connectivity index (χ3v) is 3.12. The maximum atomic E-state index is 5.34. The number of hydrogen-bond donors (Lipinski definition) is 2. The highest BCUT2D eigenvalue weighted by molar-refractivity contribution is 5.46. The predicted octanol–water partition coefficient (Wildman–Crippen LogP) is 1.75. The SMILES string of the molecule is CN(c1cccc(NN)n1)C1CCCC1. The van der Waals surface area contributed by atoms with Crippen molar-refractivity contribution in [1.82, 2.24) is 4.98 Å². The van der Waals surface area contributed by atoms with Crippen molar-refractivity contribution in [2.75, 3.05) is 17.4 Å². The van der Waals surface area contributed by atoms with Crippen LogP contribution in [0.15, 0.2) is 18.2 Å². The van der Waals surface area contributed by atoms with E-state index in [0.717, 1.165) is 11.6 Å². The van der Waals surface area contributed by atoms with Crippen molar-refractivity contribution in [2.45, 2.75) is 31.7 Å². The van der Waals surface area contributed by atoms with Crippen molar-refractivity contribution >= 4 is 11.6 Å². The summed E-state index contributed by atoms with van der Waals surface area (Å²) in [4.78, 5) is 6.68. The number of nitrogens with zero attached hydrogens (tertiary/aromatic N) is 2. The van der Waals surface area contributed by atoms with Gasteiger partial charge < -0.3 is 10.3 Å². The first-order chi connectivity index (χ1) is 7.31. The first kappa shape index (κ1) is 10.2. The van der Waals surface area contributed by atoms with E-state index in [-0.39, 0.29) is 0 Å². The summed E-state index contributed by atoms with van der Waals surface area (Å²) in [5.41, 5.74) is 2.58. The van der Waals surface area contributed by atoms with E-state index in [0.29, 0.717) is 6.04 Å². The second kappa shape index (κ2) is 4.49. The number of pyridine rings is 1. The Hall–Kier alpha value is -1.29. The second-order valence-electron chi connectivity index (χ2n) is 4.07. The molecule has 0 saturated heterocycles. The van der Waals surface area contributed by atoms with Crippen LogP contribution >= 0.6 is 0 Å². The zero-order valence-corrected chi connectivity index (χ0v) is 9.11. The zero-order chi connectivity index (χ0) is 10.7. The summed E-state index contributed by atoms with van der Waals surface area (Å²) >= 11 is 0. The third-order valence-electron chi connectivity index (χ3n) is 3.12. The predicted molar refractivity (Wildman–Crippen MR) is 62.7 cm³/mol. The Morgan fingerprint density at radius 3 is 2.80 bits per heavy atom. The van der Waals surface area contributed by atoms with E-state index < -0.39 is 0 Å². The van der Waals surface area contributed by atoms with Crippen LogP contribution in [-0.4, -0.2) is 18.1 Å². The molecular formula is C11H18N4. The van der Waals surface area contributed by atoms with Crippen LogP contribution in [0.25, 0.3) is 0 Å². The summed E-state index contributed by atoms with van der Waals surface area (Å²) in [6.07, 6.45) is 5.23. The van der Waals surface area contributed by atoms with Crippen LogP contribution in [0.1, 0.15) is 25.7 Å². The van der Waals surface area contributed by atoms with Crippen LogP contribution < -0.4 is 16.2 Å². The lowest BCUT2D eigenvalue weighted by Gasteiger charge is -2.25. The van der Waals surface area contributed by atoms with Crippen molar-refractivity contribution < 1.29 is 0 Å². The molecule has 0 bridgehead atoms. The molecule has 0 unspecified atom stereocenters. The normalized spacial score (nSPS) is 16.7. The average Bonchev–Trinajstić information content (AvgIpc) is 2.81. The van der Waals surface area contributed by atoms with E-state index in [9.17, 15) is 0 Å². The monoisotopic (exact) mass is 206 g/mol. The molecule has 0 spiro atoms. The number of rotatable bonds is 3. The van der Waals surface area contributed by atoms with Crippen LogP contribution in [0.3, 0.4) is 0 Å². The Bertz CT molecular complexity index is 320. The van der Waals surface area contributed by atoms with Gasteiger partial charge in [-0.2, -0.15) is 0 Å². The van der Waals surface area contributed by atoms with Gasteiger partial charge in [-0.05, 0) is 25.0 Å². The fourth-order valence-electron chi connectivity index (χ4n) is 2.18. The Morgan fingerprint density at radius 2 is 2.13 bits per heavy atom. The topological polar surface area (TPSA) is 54.2 Å². The molecule has 82 valence electrons. The summed E-state index contributed by atoms with van der Waals surface area (Å²) in [5.74, 6) is 7.06. The molecule has 1 aliphatic carbocycles. The highest BCUT2D eigenvalue weighted by Gasteiger charge is 2.20. The van der Waals surface area contributed by atoms with Gasteiger partial charge in [0.05, 0.1) is 0 Å². The van der Waals surface area contributed by atoms with Crippen molar-refractivity contribution in [3.8, 4) is 0 Å². The average molecular weight is 206 g/mol. The van der Waals surface area contributed by atoms with Gasteiger partial charge in [-0.25, -0.2) is 10.8 Å². The fraction of sp³-hybridized carbons (Fsp3) is 0.545. The van der Waals surface area contributed by atoms with Crippen molar-refractivity contribution in [3.63, 3.8) is 0 Å². The van der Waals surface area contributed by atoms with Gasteiger partial charge in [-0.3, -0.25) is 0 Å². The molecule has 0 aliphatic heterocycles. The minimum absolute atomic E-state index is 0.644. The minimum Gasteiger partial charge on any atom is -0.357 e. The molecule has 1 aromatic heterocycles. The van der Waals surface area contributed by atoms with Crippen LogP contribution in [0.5, 0.6) is 0 Å². The van der Waals surface area contributed by atoms with Gasteiger partial charge in [0.25, 0.3) is 0 Å². The van der Waals surface area contributed by atoms with Gasteiger partial charge in [0, 0.05) is 13.1 Å². The van der Waals surface area contributed by atoms with E-state index in [4.69, 9.17) is 5.84 Å². The number of hydrogen-bond acceptors (Lipinski definition) is 4. The van der Waals surface area contributed by atoms with Gasteiger partial charge in [-0.15, -0.1) is 0 Å². The number of nitrogen functional groups attached to an aromatic ring is 1. The van der Waals surface area contributed by atoms with Crippen molar-refractivity contribution in [1.29, 1.82) is 0 Å². The van der Waals surface area contributed by atoms with E-state index in [2.05, 4.69) is 22.4 Å². The summed E-state index contributed by atoms with van der Waals surface area (Å²) < 4.78 is 0. The maximum Gasteiger partial charge on any atom is 0.142 e. The molecule has 1 fully saturated rings. The Kier molecular flexibility index (Phi) is 3.06. The van der Waals surface area contributed by atoms with Gasteiger partial charge in [-0.1, -0.05) is 18.9 Å². The van der Waals surface area contributed by atoms with Crippen LogP contribution in [-0.2, 0) is 0 Å². The van der Waals surface area contributed by atoms with Gasteiger partial charge in [0.1, 0.15) is 11.6 Å². The first-order valence-electron chi connectivity index (χ1n) is 5.48. The molecule has 1 aliphatic rings. The van der Waals surface area contributed by atoms with Crippen LogP contribution in [0.2, 0.25) is 0 Å². The highest BCUT2D eigenvalue weighted by Crippen LogP contribution is 2.26. The Labute approximate surface area is 90.5 Å². The molecule has 1 heterocycles. The summed E-state index contributed by atoms with van der Waals surface area (Å²) in [5, 5.41) is 0. The van der Waals surface area contributed by atoms with Crippen LogP contribution in [0, 0.1) is 0 Å². The number of nitrogens with two attached hydrogens (primary N) is 1. The van der Waals surface area contributed by atoms with Gasteiger partial charge in [0.15, 0.2) is 0 Å². The summed E-state index contributed by atoms with van der Waals surface area (Å²) in [7, 11) is 2.11.